The molecule has 5 rings (SSSR count). The highest BCUT2D eigenvalue weighted by molar-refractivity contribution is 7.95. The van der Waals surface area contributed by atoms with Crippen molar-refractivity contribution in [2.24, 2.45) is 0 Å². The van der Waals surface area contributed by atoms with E-state index >= 15 is 0 Å². The fraction of sp³-hybridized carbons (Fsp3) is 0.0323. The lowest BCUT2D eigenvalue weighted by molar-refractivity contribution is 1.67. The maximum absolute atomic E-state index is 3.54. The van der Waals surface area contributed by atoms with E-state index in [9.17, 15) is 0 Å². The normalized spacial score (nSPS) is 11.0. The van der Waals surface area contributed by atoms with Gasteiger partial charge in [0, 0.05) is 5.56 Å². The fourth-order valence-electron chi connectivity index (χ4n) is 4.32. The Bertz CT molecular complexity index is 1380. The van der Waals surface area contributed by atoms with Gasteiger partial charge in [-0.3, -0.25) is 0 Å². The summed E-state index contributed by atoms with van der Waals surface area (Å²) in [4.78, 5) is 0. The lowest BCUT2D eigenvalue weighted by Crippen LogP contribution is -2.31. The highest BCUT2D eigenvalue weighted by Crippen LogP contribution is 2.52. The van der Waals surface area contributed by atoms with Crippen LogP contribution in [0.15, 0.2) is 127 Å². The molecule has 0 unspecified atom stereocenters. The van der Waals surface area contributed by atoms with E-state index < -0.39 is 7.26 Å². The third kappa shape index (κ3) is 3.73. The van der Waals surface area contributed by atoms with E-state index in [1.807, 2.05) is 0 Å². The van der Waals surface area contributed by atoms with E-state index in [4.69, 9.17) is 0 Å². The molecule has 0 spiro atoms. The van der Waals surface area contributed by atoms with Crippen molar-refractivity contribution in [2.45, 2.75) is 0 Å². The number of hydrogen-bond donors (Lipinski definition) is 0. The van der Waals surface area contributed by atoms with E-state index in [0.717, 1.165) is 11.1 Å². The molecule has 5 aromatic carbocycles. The second-order valence-corrected chi connectivity index (χ2v) is 11.5. The average molecular weight is 428 g/mol. The predicted octanol–water partition coefficient (Wildman–Crippen LogP) is 6.16. The molecule has 0 aliphatic rings. The van der Waals surface area contributed by atoms with Crippen molar-refractivity contribution in [3.05, 3.63) is 139 Å². The molecule has 32 heavy (non-hydrogen) atoms. The molecule has 0 fully saturated rings. The van der Waals surface area contributed by atoms with Gasteiger partial charge in [-0.2, -0.15) is 0 Å². The number of rotatable bonds is 3. The summed E-state index contributed by atoms with van der Waals surface area (Å²) in [5.74, 6) is 7.03. The van der Waals surface area contributed by atoms with Crippen LogP contribution in [0.5, 0.6) is 0 Å². The molecule has 0 N–H and O–H groups in total. The molecule has 0 aliphatic heterocycles. The lowest BCUT2D eigenvalue weighted by Gasteiger charge is -2.24. The molecule has 0 amide bonds. The van der Waals surface area contributed by atoms with Crippen molar-refractivity contribution in [3.63, 3.8) is 0 Å². The standard InChI is InChI=1S/C31H24P/c1-32(28-17-4-2-5-18-28,29-19-6-3-7-20-29)31-22-11-9-14-27(31)24-23-26-16-12-15-25-13-8-10-21-30(25)26/h2-22H,1H3/q+1. The van der Waals surface area contributed by atoms with Crippen LogP contribution in [0.3, 0.4) is 0 Å². The van der Waals surface area contributed by atoms with Gasteiger partial charge in [0.1, 0.15) is 23.2 Å². The monoisotopic (exact) mass is 427 g/mol. The summed E-state index contributed by atoms with van der Waals surface area (Å²) in [6.07, 6.45) is 0. The maximum atomic E-state index is 3.54. The molecule has 0 heterocycles. The second kappa shape index (κ2) is 8.84. The molecule has 5 aromatic rings. The first-order valence-electron chi connectivity index (χ1n) is 10.8. The van der Waals surface area contributed by atoms with E-state index in [1.165, 1.54) is 26.7 Å². The van der Waals surface area contributed by atoms with Gasteiger partial charge in [0.25, 0.3) is 0 Å². The summed E-state index contributed by atoms with van der Waals surface area (Å²) < 4.78 is 0. The minimum Gasteiger partial charge on any atom is -0.0620 e. The Morgan fingerprint density at radius 1 is 0.469 bits per heavy atom. The highest BCUT2D eigenvalue weighted by atomic mass is 31.2. The van der Waals surface area contributed by atoms with Crippen molar-refractivity contribution < 1.29 is 0 Å². The smallest absolute Gasteiger partial charge is 0.0620 e. The lowest BCUT2D eigenvalue weighted by atomic mass is 10.0. The summed E-state index contributed by atoms with van der Waals surface area (Å²) in [6.45, 7) is 2.41. The minimum atomic E-state index is -1.84. The van der Waals surface area contributed by atoms with Crippen molar-refractivity contribution in [1.82, 2.24) is 0 Å². The first-order chi connectivity index (χ1) is 15.8. The quantitative estimate of drug-likeness (QED) is 0.239. The zero-order valence-electron chi connectivity index (χ0n) is 18.1. The largest absolute Gasteiger partial charge is 0.120 e. The maximum Gasteiger partial charge on any atom is 0.120 e. The molecule has 152 valence electrons. The minimum absolute atomic E-state index is 1.07. The van der Waals surface area contributed by atoms with Crippen LogP contribution >= 0.6 is 7.26 Å². The Morgan fingerprint density at radius 3 is 1.69 bits per heavy atom. The molecule has 0 nitrogen and oxygen atoms in total. The van der Waals surface area contributed by atoms with Gasteiger partial charge in [0.05, 0.1) is 12.2 Å². The average Bonchev–Trinajstić information content (AvgIpc) is 2.88. The number of fused-ring (bicyclic) bond motifs is 1. The van der Waals surface area contributed by atoms with Crippen molar-refractivity contribution >= 4 is 33.9 Å². The molecule has 1 heteroatoms. The van der Waals surface area contributed by atoms with Crippen LogP contribution in [0.4, 0.5) is 0 Å². The Morgan fingerprint density at radius 2 is 0.969 bits per heavy atom. The first kappa shape index (κ1) is 20.3. The highest BCUT2D eigenvalue weighted by Gasteiger charge is 2.41. The van der Waals surface area contributed by atoms with Crippen molar-refractivity contribution in [3.8, 4) is 11.8 Å². The summed E-state index contributed by atoms with van der Waals surface area (Å²) >= 11 is 0. The van der Waals surface area contributed by atoms with Crippen LogP contribution in [0.25, 0.3) is 10.8 Å². The summed E-state index contributed by atoms with van der Waals surface area (Å²) in [7, 11) is -1.84. The second-order valence-electron chi connectivity index (χ2n) is 7.97. The van der Waals surface area contributed by atoms with Crippen LogP contribution in [0.1, 0.15) is 11.1 Å². The van der Waals surface area contributed by atoms with E-state index in [2.05, 4.69) is 146 Å². The molecule has 0 saturated heterocycles. The van der Waals surface area contributed by atoms with E-state index in [1.54, 1.807) is 0 Å². The van der Waals surface area contributed by atoms with Crippen LogP contribution in [0.2, 0.25) is 0 Å². The Kier molecular flexibility index (Phi) is 5.60. The zero-order valence-corrected chi connectivity index (χ0v) is 19.0. The molecule has 0 saturated carbocycles. The van der Waals surface area contributed by atoms with Gasteiger partial charge in [-0.1, -0.05) is 96.8 Å². The summed E-state index contributed by atoms with van der Waals surface area (Å²) in [6, 6.07) is 45.2. The van der Waals surface area contributed by atoms with Gasteiger partial charge in [-0.25, -0.2) is 0 Å². The van der Waals surface area contributed by atoms with E-state index in [0.29, 0.717) is 0 Å². The molecule has 0 bridgehead atoms. The van der Waals surface area contributed by atoms with Crippen LogP contribution in [-0.4, -0.2) is 6.66 Å². The number of hydrogen-bond acceptors (Lipinski definition) is 0. The molecule has 0 aliphatic carbocycles. The SMILES string of the molecule is C[P+](c1ccccc1)(c1ccccc1)c1ccccc1C#Cc1cccc2ccccc12. The summed E-state index contributed by atoms with van der Waals surface area (Å²) in [5, 5.41) is 6.48. The van der Waals surface area contributed by atoms with Crippen molar-refractivity contribution in [2.75, 3.05) is 6.66 Å². The molecule has 0 radical (unpaired) electrons. The Hall–Kier alpha value is -3.65. The fourth-order valence-corrected chi connectivity index (χ4v) is 7.71. The number of benzene rings is 5. The molecule has 0 atom stereocenters. The first-order valence-corrected chi connectivity index (χ1v) is 13.1. The van der Waals surface area contributed by atoms with Gasteiger partial charge in [0.15, 0.2) is 0 Å². The van der Waals surface area contributed by atoms with Gasteiger partial charge < -0.3 is 0 Å². The topological polar surface area (TPSA) is 0 Å². The van der Waals surface area contributed by atoms with Gasteiger partial charge in [-0.05, 0) is 53.2 Å². The predicted molar refractivity (Wildman–Crippen MR) is 141 cm³/mol. The molecular weight excluding hydrogens is 403 g/mol. The van der Waals surface area contributed by atoms with E-state index in [-0.39, 0.29) is 0 Å². The third-order valence-corrected chi connectivity index (χ3v) is 10.1. The summed E-state index contributed by atoms with van der Waals surface area (Å²) in [5.41, 5.74) is 2.17. The van der Waals surface area contributed by atoms with Crippen LogP contribution in [0, 0.1) is 11.8 Å². The Balaban J connectivity index is 1.70. The van der Waals surface area contributed by atoms with Crippen LogP contribution in [-0.2, 0) is 0 Å². The molecular formula is C31H24P+. The van der Waals surface area contributed by atoms with Crippen LogP contribution < -0.4 is 15.9 Å². The van der Waals surface area contributed by atoms with Crippen molar-refractivity contribution in [1.29, 1.82) is 0 Å². The van der Waals surface area contributed by atoms with Gasteiger partial charge in [-0.15, -0.1) is 0 Å². The zero-order chi connectivity index (χ0) is 21.8. The molecule has 0 aromatic heterocycles. The third-order valence-electron chi connectivity index (χ3n) is 6.05. The van der Waals surface area contributed by atoms with Gasteiger partial charge >= 0.3 is 0 Å². The van der Waals surface area contributed by atoms with Gasteiger partial charge in [0.2, 0.25) is 0 Å². The Labute approximate surface area is 190 Å².